The number of piperazine rings is 1. The molecule has 0 aromatic rings. The third kappa shape index (κ3) is 5.66. The minimum Gasteiger partial charge on any atom is -0.383 e. The maximum Gasteiger partial charge on any atom is 0.113 e. The van der Waals surface area contributed by atoms with E-state index in [-0.39, 0.29) is 18.3 Å². The van der Waals surface area contributed by atoms with Gasteiger partial charge in [-0.15, -0.1) is 0 Å². The highest BCUT2D eigenvalue weighted by Crippen LogP contribution is 2.24. The molecule has 2 rings (SSSR count). The first-order valence-corrected chi connectivity index (χ1v) is 8.67. The van der Waals surface area contributed by atoms with Crippen LogP contribution in [0, 0.1) is 0 Å². The summed E-state index contributed by atoms with van der Waals surface area (Å²) in [7, 11) is 11.1. The van der Waals surface area contributed by atoms with Crippen LogP contribution in [0.25, 0.3) is 0 Å². The van der Waals surface area contributed by atoms with Gasteiger partial charge >= 0.3 is 0 Å². The van der Waals surface area contributed by atoms with Gasteiger partial charge in [0, 0.05) is 66.6 Å². The first kappa shape index (κ1) is 20.1. The van der Waals surface area contributed by atoms with Crippen molar-refractivity contribution in [3.63, 3.8) is 0 Å². The molecule has 1 unspecified atom stereocenters. The standard InChI is InChI=1S/C16H31BN2O5/c1-20-10-8-18-4-6-19(7-5-18)9-11-23-15-14(22-3)13(12-21-2)24-16(15)17/h13-16H,4-12H2,1-3H3/t13-,14?,15+,16-/m1/s1. The monoisotopic (exact) mass is 342 g/mol. The van der Waals surface area contributed by atoms with Gasteiger partial charge in [-0.05, 0) is 0 Å². The summed E-state index contributed by atoms with van der Waals surface area (Å²) < 4.78 is 27.5. The summed E-state index contributed by atoms with van der Waals surface area (Å²) in [5.74, 6) is 0. The zero-order chi connectivity index (χ0) is 17.4. The van der Waals surface area contributed by atoms with Gasteiger partial charge in [0.15, 0.2) is 0 Å². The largest absolute Gasteiger partial charge is 0.383 e. The molecule has 0 N–H and O–H groups in total. The van der Waals surface area contributed by atoms with Crippen molar-refractivity contribution in [2.75, 3.05) is 80.4 Å². The Bertz CT molecular complexity index is 344. The quantitative estimate of drug-likeness (QED) is 0.482. The molecule has 0 bridgehead atoms. The fourth-order valence-corrected chi connectivity index (χ4v) is 3.30. The molecular formula is C16H31BN2O5. The molecule has 0 aromatic carbocycles. The highest BCUT2D eigenvalue weighted by molar-refractivity contribution is 6.11. The van der Waals surface area contributed by atoms with Crippen LogP contribution >= 0.6 is 0 Å². The third-order valence-electron chi connectivity index (χ3n) is 4.74. The van der Waals surface area contributed by atoms with Crippen molar-refractivity contribution in [2.45, 2.75) is 24.3 Å². The number of nitrogens with zero attached hydrogens (tertiary/aromatic N) is 2. The normalized spacial score (nSPS) is 32.5. The Labute approximate surface area is 146 Å². The number of ether oxygens (including phenoxy) is 5. The van der Waals surface area contributed by atoms with Gasteiger partial charge in [-0.3, -0.25) is 9.80 Å². The lowest BCUT2D eigenvalue weighted by Crippen LogP contribution is -2.48. The number of methoxy groups -OCH3 is 3. The molecule has 2 saturated heterocycles. The molecule has 2 fully saturated rings. The van der Waals surface area contributed by atoms with E-state index in [1.165, 1.54) is 0 Å². The Balaban J connectivity index is 1.66. The summed E-state index contributed by atoms with van der Waals surface area (Å²) in [4.78, 5) is 4.84. The van der Waals surface area contributed by atoms with E-state index in [4.69, 9.17) is 31.5 Å². The lowest BCUT2D eigenvalue weighted by molar-refractivity contribution is -0.0594. The second-order valence-corrected chi connectivity index (χ2v) is 6.31. The van der Waals surface area contributed by atoms with Crippen LogP contribution in [0.15, 0.2) is 0 Å². The second kappa shape index (κ2) is 10.7. The second-order valence-electron chi connectivity index (χ2n) is 6.31. The Morgan fingerprint density at radius 3 is 2.08 bits per heavy atom. The SMILES string of the molecule is [B][C@@H]1O[C@H](COC)C(OC)[C@@H]1OCCN1CCN(CCOC)CC1. The van der Waals surface area contributed by atoms with Crippen molar-refractivity contribution in [3.8, 4) is 0 Å². The maximum absolute atomic E-state index is 6.03. The van der Waals surface area contributed by atoms with Crippen molar-refractivity contribution < 1.29 is 23.7 Å². The molecule has 0 aliphatic carbocycles. The van der Waals surface area contributed by atoms with Gasteiger partial charge in [-0.1, -0.05) is 0 Å². The van der Waals surface area contributed by atoms with E-state index in [0.29, 0.717) is 13.2 Å². The van der Waals surface area contributed by atoms with Gasteiger partial charge in [0.2, 0.25) is 0 Å². The Hall–Kier alpha value is -0.215. The summed E-state index contributed by atoms with van der Waals surface area (Å²) in [6.45, 7) is 8.04. The molecule has 24 heavy (non-hydrogen) atoms. The van der Waals surface area contributed by atoms with Crippen LogP contribution in [0.4, 0.5) is 0 Å². The zero-order valence-corrected chi connectivity index (χ0v) is 15.2. The molecule has 0 aromatic heterocycles. The summed E-state index contributed by atoms with van der Waals surface area (Å²) in [5, 5.41) is 0. The fourth-order valence-electron chi connectivity index (χ4n) is 3.30. The summed E-state index contributed by atoms with van der Waals surface area (Å²) in [5.41, 5.74) is 0. The minimum absolute atomic E-state index is 0.177. The first-order chi connectivity index (χ1) is 11.7. The number of hydrogen-bond acceptors (Lipinski definition) is 7. The average Bonchev–Trinajstić information content (AvgIpc) is 2.89. The van der Waals surface area contributed by atoms with Crippen LogP contribution in [0.3, 0.4) is 0 Å². The van der Waals surface area contributed by atoms with Gasteiger partial charge in [-0.25, -0.2) is 0 Å². The smallest absolute Gasteiger partial charge is 0.113 e. The van der Waals surface area contributed by atoms with Crippen LogP contribution in [0.1, 0.15) is 0 Å². The van der Waals surface area contributed by atoms with Crippen molar-refractivity contribution in [1.82, 2.24) is 9.80 Å². The van der Waals surface area contributed by atoms with Crippen molar-refractivity contribution in [3.05, 3.63) is 0 Å². The van der Waals surface area contributed by atoms with Crippen molar-refractivity contribution in [2.24, 2.45) is 0 Å². The molecule has 0 spiro atoms. The van der Waals surface area contributed by atoms with E-state index in [2.05, 4.69) is 9.80 Å². The molecule has 7 nitrogen and oxygen atoms in total. The first-order valence-electron chi connectivity index (χ1n) is 8.67. The van der Waals surface area contributed by atoms with Gasteiger partial charge < -0.3 is 23.7 Å². The van der Waals surface area contributed by atoms with Crippen molar-refractivity contribution >= 4 is 7.85 Å². The highest BCUT2D eigenvalue weighted by atomic mass is 16.6. The molecular weight excluding hydrogens is 311 g/mol. The predicted molar refractivity (Wildman–Crippen MR) is 91.6 cm³/mol. The van der Waals surface area contributed by atoms with E-state index in [1.54, 1.807) is 21.3 Å². The minimum atomic E-state index is -0.471. The van der Waals surface area contributed by atoms with Crippen LogP contribution in [0.5, 0.6) is 0 Å². The van der Waals surface area contributed by atoms with Crippen LogP contribution < -0.4 is 0 Å². The van der Waals surface area contributed by atoms with Crippen molar-refractivity contribution in [1.29, 1.82) is 0 Å². The van der Waals surface area contributed by atoms with Gasteiger partial charge in [0.05, 0.1) is 19.8 Å². The van der Waals surface area contributed by atoms with E-state index < -0.39 is 6.00 Å². The Morgan fingerprint density at radius 2 is 1.54 bits per heavy atom. The number of rotatable bonds is 10. The molecule has 2 aliphatic heterocycles. The molecule has 2 radical (unpaired) electrons. The highest BCUT2D eigenvalue weighted by Gasteiger charge is 2.43. The van der Waals surface area contributed by atoms with Gasteiger partial charge in [-0.2, -0.15) is 0 Å². The van der Waals surface area contributed by atoms with E-state index in [1.807, 2.05) is 0 Å². The van der Waals surface area contributed by atoms with E-state index >= 15 is 0 Å². The number of hydrogen-bond donors (Lipinski definition) is 0. The summed E-state index contributed by atoms with van der Waals surface area (Å²) >= 11 is 0. The summed E-state index contributed by atoms with van der Waals surface area (Å²) in [6.07, 6.45) is -0.617. The van der Waals surface area contributed by atoms with Crippen LogP contribution in [-0.2, 0) is 23.7 Å². The third-order valence-corrected chi connectivity index (χ3v) is 4.74. The molecule has 2 aliphatic rings. The molecule has 0 amide bonds. The zero-order valence-electron chi connectivity index (χ0n) is 15.2. The molecule has 138 valence electrons. The lowest BCUT2D eigenvalue weighted by Gasteiger charge is -2.34. The van der Waals surface area contributed by atoms with E-state index in [9.17, 15) is 0 Å². The fraction of sp³-hybridized carbons (Fsp3) is 1.00. The Kier molecular flexibility index (Phi) is 8.96. The molecule has 2 heterocycles. The van der Waals surface area contributed by atoms with Crippen LogP contribution in [-0.4, -0.2) is 122 Å². The molecule has 0 saturated carbocycles. The van der Waals surface area contributed by atoms with Crippen LogP contribution in [0.2, 0.25) is 0 Å². The molecule has 4 atom stereocenters. The molecule has 8 heteroatoms. The average molecular weight is 342 g/mol. The van der Waals surface area contributed by atoms with E-state index in [0.717, 1.165) is 45.9 Å². The topological polar surface area (TPSA) is 52.6 Å². The lowest BCUT2D eigenvalue weighted by atomic mass is 9.93. The Morgan fingerprint density at radius 1 is 0.917 bits per heavy atom. The predicted octanol–water partition coefficient (Wildman–Crippen LogP) is -0.810. The maximum atomic E-state index is 6.03. The summed E-state index contributed by atoms with van der Waals surface area (Å²) in [6, 6.07) is -0.471. The van der Waals surface area contributed by atoms with Gasteiger partial charge in [0.1, 0.15) is 26.2 Å². The van der Waals surface area contributed by atoms with Gasteiger partial charge in [0.25, 0.3) is 0 Å².